The van der Waals surface area contributed by atoms with Crippen LogP contribution >= 0.6 is 0 Å². The average Bonchev–Trinajstić information content (AvgIpc) is 2.57. The molecule has 2 aliphatic rings. The van der Waals surface area contributed by atoms with E-state index in [9.17, 15) is 9.59 Å². The van der Waals surface area contributed by atoms with Gasteiger partial charge < -0.3 is 20.1 Å². The minimum atomic E-state index is -0.0887. The molecule has 1 aliphatic carbocycles. The lowest BCUT2D eigenvalue weighted by molar-refractivity contribution is 0.186. The Balaban J connectivity index is 1.49. The van der Waals surface area contributed by atoms with Crippen molar-refractivity contribution < 1.29 is 4.79 Å². The Morgan fingerprint density at radius 1 is 1.09 bits per heavy atom. The Kier molecular flexibility index (Phi) is 4.65. The zero-order valence-corrected chi connectivity index (χ0v) is 12.9. The maximum Gasteiger partial charge on any atom is 0.317 e. The van der Waals surface area contributed by atoms with E-state index in [4.69, 9.17) is 0 Å². The summed E-state index contributed by atoms with van der Waals surface area (Å²) in [4.78, 5) is 30.2. The van der Waals surface area contributed by atoms with Crippen molar-refractivity contribution in [2.24, 2.45) is 0 Å². The average molecular weight is 304 g/mol. The van der Waals surface area contributed by atoms with E-state index in [1.54, 1.807) is 6.20 Å². The number of H-pyrrole nitrogens is 1. The van der Waals surface area contributed by atoms with E-state index in [2.05, 4.69) is 15.2 Å². The topological polar surface area (TPSA) is 68.4 Å². The third-order valence-corrected chi connectivity index (χ3v) is 4.63. The van der Waals surface area contributed by atoms with Gasteiger partial charge in [0.2, 0.25) is 5.56 Å². The predicted octanol–water partition coefficient (Wildman–Crippen LogP) is 1.54. The number of nitrogens with one attached hydrogen (secondary N) is 2. The van der Waals surface area contributed by atoms with Crippen LogP contribution in [0.25, 0.3) is 0 Å². The zero-order chi connectivity index (χ0) is 15.4. The normalized spacial score (nSPS) is 20.0. The van der Waals surface area contributed by atoms with Crippen LogP contribution in [0.2, 0.25) is 0 Å². The van der Waals surface area contributed by atoms with Crippen molar-refractivity contribution in [3.05, 3.63) is 28.7 Å². The van der Waals surface area contributed by atoms with Crippen LogP contribution in [-0.2, 0) is 0 Å². The van der Waals surface area contributed by atoms with E-state index < -0.39 is 0 Å². The highest BCUT2D eigenvalue weighted by atomic mass is 16.2. The Bertz CT molecular complexity index is 537. The van der Waals surface area contributed by atoms with Crippen LogP contribution < -0.4 is 15.8 Å². The van der Waals surface area contributed by atoms with E-state index in [0.717, 1.165) is 44.7 Å². The molecule has 0 unspecified atom stereocenters. The van der Waals surface area contributed by atoms with Crippen LogP contribution in [0.15, 0.2) is 23.1 Å². The number of nitrogens with zero attached hydrogens (tertiary/aromatic N) is 2. The summed E-state index contributed by atoms with van der Waals surface area (Å²) in [5.74, 6) is 0. The molecule has 2 amide bonds. The number of hydrogen-bond acceptors (Lipinski definition) is 3. The molecule has 0 radical (unpaired) electrons. The Labute approximate surface area is 130 Å². The number of carbonyl (C=O) groups is 1. The van der Waals surface area contributed by atoms with Gasteiger partial charge >= 0.3 is 6.03 Å². The lowest BCUT2D eigenvalue weighted by atomic mass is 9.96. The van der Waals surface area contributed by atoms with Gasteiger partial charge in [-0.25, -0.2) is 4.79 Å². The van der Waals surface area contributed by atoms with Crippen LogP contribution in [0.5, 0.6) is 0 Å². The molecule has 2 heterocycles. The second kappa shape index (κ2) is 6.85. The van der Waals surface area contributed by atoms with Crippen LogP contribution in [0, 0.1) is 0 Å². The molecule has 22 heavy (non-hydrogen) atoms. The minimum Gasteiger partial charge on any atom is -0.367 e. The summed E-state index contributed by atoms with van der Waals surface area (Å²) in [6.07, 6.45) is 7.71. The molecule has 1 aromatic rings. The molecule has 1 aromatic heterocycles. The molecule has 0 aromatic carbocycles. The van der Waals surface area contributed by atoms with Gasteiger partial charge in [-0.3, -0.25) is 4.79 Å². The Hall–Kier alpha value is -1.98. The Morgan fingerprint density at radius 2 is 1.82 bits per heavy atom. The number of aromatic amines is 1. The quantitative estimate of drug-likeness (QED) is 0.871. The van der Waals surface area contributed by atoms with E-state index in [1.165, 1.54) is 25.3 Å². The van der Waals surface area contributed by atoms with Crippen molar-refractivity contribution >= 4 is 11.7 Å². The highest BCUT2D eigenvalue weighted by molar-refractivity contribution is 5.75. The van der Waals surface area contributed by atoms with Crippen molar-refractivity contribution in [1.82, 2.24) is 15.2 Å². The summed E-state index contributed by atoms with van der Waals surface area (Å²) in [5, 5.41) is 3.17. The van der Waals surface area contributed by atoms with Gasteiger partial charge in [-0.15, -0.1) is 0 Å². The third-order valence-electron chi connectivity index (χ3n) is 4.63. The van der Waals surface area contributed by atoms with Crippen molar-refractivity contribution in [3.63, 3.8) is 0 Å². The van der Waals surface area contributed by atoms with Gasteiger partial charge in [0.1, 0.15) is 0 Å². The second-order valence-corrected chi connectivity index (χ2v) is 6.17. The number of anilines is 1. The maximum absolute atomic E-state index is 12.3. The van der Waals surface area contributed by atoms with Crippen molar-refractivity contribution in [3.8, 4) is 0 Å². The standard InChI is InChI=1S/C16H24N4O2/c21-15-7-6-14(12-17-15)19-8-10-20(11-9-19)16(22)18-13-4-2-1-3-5-13/h6-7,12-13H,1-5,8-11H2,(H,17,21)(H,18,22). The van der Waals surface area contributed by atoms with Gasteiger partial charge in [0.05, 0.1) is 5.69 Å². The Morgan fingerprint density at radius 3 is 2.45 bits per heavy atom. The minimum absolute atomic E-state index is 0.0769. The van der Waals surface area contributed by atoms with Crippen LogP contribution in [0.4, 0.5) is 10.5 Å². The molecule has 6 nitrogen and oxygen atoms in total. The number of urea groups is 1. The number of rotatable bonds is 2. The highest BCUT2D eigenvalue weighted by Gasteiger charge is 2.23. The van der Waals surface area contributed by atoms with Gasteiger partial charge in [0.15, 0.2) is 0 Å². The molecular formula is C16H24N4O2. The first-order chi connectivity index (χ1) is 10.7. The lowest BCUT2D eigenvalue weighted by Gasteiger charge is -2.37. The fourth-order valence-corrected chi connectivity index (χ4v) is 3.28. The van der Waals surface area contributed by atoms with Gasteiger partial charge in [0.25, 0.3) is 0 Å². The van der Waals surface area contributed by atoms with E-state index in [1.807, 2.05) is 11.0 Å². The molecule has 1 saturated heterocycles. The molecule has 0 spiro atoms. The molecule has 0 atom stereocenters. The summed E-state index contributed by atoms with van der Waals surface area (Å²) in [6.45, 7) is 3.03. The molecular weight excluding hydrogens is 280 g/mol. The van der Waals surface area contributed by atoms with Crippen LogP contribution in [0.3, 0.4) is 0 Å². The molecule has 2 N–H and O–H groups in total. The molecule has 120 valence electrons. The van der Waals surface area contributed by atoms with E-state index in [-0.39, 0.29) is 11.6 Å². The zero-order valence-electron chi connectivity index (χ0n) is 12.9. The fourth-order valence-electron chi connectivity index (χ4n) is 3.28. The second-order valence-electron chi connectivity index (χ2n) is 6.17. The summed E-state index contributed by atoms with van der Waals surface area (Å²) < 4.78 is 0. The molecule has 2 fully saturated rings. The van der Waals surface area contributed by atoms with Crippen LogP contribution in [-0.4, -0.2) is 48.1 Å². The number of carbonyl (C=O) groups excluding carboxylic acids is 1. The number of aromatic nitrogens is 1. The lowest BCUT2D eigenvalue weighted by Crippen LogP contribution is -2.53. The smallest absolute Gasteiger partial charge is 0.317 e. The van der Waals surface area contributed by atoms with Crippen molar-refractivity contribution in [2.45, 2.75) is 38.1 Å². The van der Waals surface area contributed by atoms with Gasteiger partial charge in [0, 0.05) is 44.5 Å². The van der Waals surface area contributed by atoms with Gasteiger partial charge in [-0.1, -0.05) is 19.3 Å². The first-order valence-corrected chi connectivity index (χ1v) is 8.21. The molecule has 3 rings (SSSR count). The molecule has 6 heteroatoms. The summed E-state index contributed by atoms with van der Waals surface area (Å²) in [6, 6.07) is 3.81. The molecule has 1 aliphatic heterocycles. The number of pyridine rings is 1. The number of amides is 2. The van der Waals surface area contributed by atoms with Crippen molar-refractivity contribution in [1.29, 1.82) is 0 Å². The summed E-state index contributed by atoms with van der Waals surface area (Å²) in [7, 11) is 0. The largest absolute Gasteiger partial charge is 0.367 e. The highest BCUT2D eigenvalue weighted by Crippen LogP contribution is 2.18. The molecule has 1 saturated carbocycles. The summed E-state index contributed by atoms with van der Waals surface area (Å²) >= 11 is 0. The van der Waals surface area contributed by atoms with E-state index >= 15 is 0 Å². The first-order valence-electron chi connectivity index (χ1n) is 8.21. The summed E-state index contributed by atoms with van der Waals surface area (Å²) in [5.41, 5.74) is 0.918. The monoisotopic (exact) mass is 304 g/mol. The van der Waals surface area contributed by atoms with Crippen LogP contribution in [0.1, 0.15) is 32.1 Å². The van der Waals surface area contributed by atoms with E-state index in [0.29, 0.717) is 6.04 Å². The van der Waals surface area contributed by atoms with Gasteiger partial charge in [-0.05, 0) is 18.9 Å². The van der Waals surface area contributed by atoms with Crippen molar-refractivity contribution in [2.75, 3.05) is 31.1 Å². The maximum atomic E-state index is 12.3. The third kappa shape index (κ3) is 3.61. The predicted molar refractivity (Wildman–Crippen MR) is 86.3 cm³/mol. The fraction of sp³-hybridized carbons (Fsp3) is 0.625. The first kappa shape index (κ1) is 14.9. The SMILES string of the molecule is O=C(NC1CCCCC1)N1CCN(c2ccc(=O)[nH]c2)CC1. The number of piperazine rings is 1. The van der Waals surface area contributed by atoms with Gasteiger partial charge in [-0.2, -0.15) is 0 Å². The number of hydrogen-bond donors (Lipinski definition) is 2. The molecule has 0 bridgehead atoms.